The molecule has 0 aromatic heterocycles. The first kappa shape index (κ1) is 30.8. The summed E-state index contributed by atoms with van der Waals surface area (Å²) in [5, 5.41) is 12.1. The predicted octanol–water partition coefficient (Wildman–Crippen LogP) is -5.40. The van der Waals surface area contributed by atoms with Gasteiger partial charge in [0.05, 0.1) is 45.2 Å². The molecule has 0 spiro atoms. The van der Waals surface area contributed by atoms with Crippen molar-refractivity contribution in [1.29, 1.82) is 0 Å². The van der Waals surface area contributed by atoms with Gasteiger partial charge in [-0.25, -0.2) is 16.8 Å². The molecule has 16 heteroatoms. The molecule has 180 valence electrons. The molecule has 14 nitrogen and oxygen atoms in total. The van der Waals surface area contributed by atoms with Crippen LogP contribution in [0.15, 0.2) is 10.3 Å². The molecule has 0 bridgehead atoms. The summed E-state index contributed by atoms with van der Waals surface area (Å²) in [6, 6.07) is 0. The topological polar surface area (TPSA) is 243 Å². The summed E-state index contributed by atoms with van der Waals surface area (Å²) in [7, 11) is -4.70. The van der Waals surface area contributed by atoms with Gasteiger partial charge in [0, 0.05) is 25.6 Å². The Kier molecular flexibility index (Phi) is 16.7. The Morgan fingerprint density at radius 3 is 1.33 bits per heavy atom. The van der Waals surface area contributed by atoms with Crippen molar-refractivity contribution in [2.24, 2.45) is 33.6 Å². The molecular weight excluding hydrogens is 444 g/mol. The van der Waals surface area contributed by atoms with Gasteiger partial charge in [0.2, 0.25) is 0 Å². The van der Waals surface area contributed by atoms with Gasteiger partial charge in [-0.2, -0.15) is 0 Å². The Labute approximate surface area is 177 Å². The van der Waals surface area contributed by atoms with E-state index in [1.54, 1.807) is 14.2 Å². The van der Waals surface area contributed by atoms with Crippen LogP contribution < -0.4 is 22.1 Å². The Bertz CT molecular complexity index is 649. The quantitative estimate of drug-likeness (QED) is 0.220. The molecule has 0 aromatic rings. The van der Waals surface area contributed by atoms with Crippen molar-refractivity contribution in [2.45, 2.75) is 0 Å². The fraction of sp³-hybridized carbons (Fsp3) is 0.857. The Hall–Kier alpha value is -1.40. The van der Waals surface area contributed by atoms with Crippen LogP contribution in [0.3, 0.4) is 0 Å². The minimum Gasteiger partial charge on any atom is -0.748 e. The molecule has 0 aliphatic carbocycles. The van der Waals surface area contributed by atoms with E-state index >= 15 is 0 Å². The lowest BCUT2D eigenvalue weighted by molar-refractivity contribution is -0.633. The lowest BCUT2D eigenvalue weighted by Gasteiger charge is -2.00. The maximum atomic E-state index is 9.08. The van der Waals surface area contributed by atoms with Crippen LogP contribution in [0.1, 0.15) is 0 Å². The zero-order valence-electron chi connectivity index (χ0n) is 17.7. The second-order valence-corrected chi connectivity index (χ2v) is 9.08. The number of hydrogen-bond acceptors (Lipinski definition) is 12. The van der Waals surface area contributed by atoms with Crippen LogP contribution in [0, 0.1) is 11.8 Å². The number of hydrogen-bond donors (Lipinski definition) is 4. The minimum absolute atomic E-state index is 0.431. The van der Waals surface area contributed by atoms with Crippen molar-refractivity contribution >= 4 is 31.7 Å². The summed E-state index contributed by atoms with van der Waals surface area (Å²) in [5.74, 6) is 0.861. The zero-order valence-corrected chi connectivity index (χ0v) is 19.3. The van der Waals surface area contributed by atoms with E-state index in [0.29, 0.717) is 37.4 Å². The van der Waals surface area contributed by atoms with E-state index in [-0.39, 0.29) is 0 Å². The maximum absolute atomic E-state index is 9.08. The smallest absolute Gasteiger partial charge is 0.121 e. The second kappa shape index (κ2) is 16.3. The molecule has 0 saturated carbocycles. The third kappa shape index (κ3) is 21.3. The summed E-state index contributed by atoms with van der Waals surface area (Å²) in [4.78, 5) is 9.34. The van der Waals surface area contributed by atoms with Crippen LogP contribution in [0.4, 0.5) is 0 Å². The average molecular weight is 479 g/mol. The van der Waals surface area contributed by atoms with E-state index in [2.05, 4.69) is 30.6 Å². The van der Waals surface area contributed by atoms with Crippen LogP contribution in [-0.2, 0) is 29.9 Å². The summed E-state index contributed by atoms with van der Waals surface area (Å²) >= 11 is 0. The highest BCUT2D eigenvalue weighted by molar-refractivity contribution is 7.85. The molecule has 2 saturated heterocycles. The van der Waals surface area contributed by atoms with Crippen molar-refractivity contribution in [3.63, 3.8) is 0 Å². The van der Waals surface area contributed by atoms with E-state index in [0.717, 1.165) is 37.6 Å². The summed E-state index contributed by atoms with van der Waals surface area (Å²) in [6.45, 7) is 5.35. The van der Waals surface area contributed by atoms with Gasteiger partial charge in [-0.3, -0.25) is 0 Å². The Morgan fingerprint density at radius 1 is 0.867 bits per heavy atom. The van der Waals surface area contributed by atoms with Gasteiger partial charge < -0.3 is 40.9 Å². The van der Waals surface area contributed by atoms with E-state index in [1.165, 1.54) is 0 Å². The molecule has 8 N–H and O–H groups in total. The van der Waals surface area contributed by atoms with Crippen LogP contribution in [0.5, 0.6) is 0 Å². The molecule has 2 heterocycles. The molecular formula is C14H34N6O8S2. The Morgan fingerprint density at radius 2 is 1.13 bits per heavy atom. The normalized spacial score (nSPS) is 23.5. The van der Waals surface area contributed by atoms with Crippen molar-refractivity contribution in [3.05, 3.63) is 0 Å². The van der Waals surface area contributed by atoms with Gasteiger partial charge in [-0.15, -0.1) is 0 Å². The Balaban J connectivity index is 0. The van der Waals surface area contributed by atoms with Gasteiger partial charge in [-0.05, 0) is 0 Å². The van der Waals surface area contributed by atoms with Crippen molar-refractivity contribution in [1.82, 2.24) is 0 Å². The molecule has 0 aromatic carbocycles. The molecule has 2 unspecified atom stereocenters. The van der Waals surface area contributed by atoms with Gasteiger partial charge >= 0.3 is 0 Å². The molecule has 2 rings (SSSR count). The minimum atomic E-state index is -3.92. The number of quaternary nitrogens is 2. The predicted molar refractivity (Wildman–Crippen MR) is 109 cm³/mol. The lowest BCUT2D eigenvalue weighted by atomic mass is 10.1. The largest absolute Gasteiger partial charge is 0.748 e. The molecule has 2 aliphatic rings. The maximum Gasteiger partial charge on any atom is 0.121 e. The van der Waals surface area contributed by atoms with Crippen molar-refractivity contribution < 1.29 is 46.2 Å². The molecule has 2 atom stereocenters. The molecule has 30 heavy (non-hydrogen) atoms. The molecule has 0 radical (unpaired) electrons. The number of nitrogens with two attached hydrogens (primary N) is 4. The number of oxime groups is 2. The van der Waals surface area contributed by atoms with Gasteiger partial charge in [-0.1, -0.05) is 10.3 Å². The first-order chi connectivity index (χ1) is 13.8. The standard InChI is InChI=1S/2C6H13N3O.2CH4O3S/c2*1-10-9-6-4-8-3-5(6)2-7;2*1-5(2,3)4/h2*5,8H,2-4,7H2,1H3;2*1H3,(H,2,3,4)/b2*9-6+;;. The highest BCUT2D eigenvalue weighted by Gasteiger charge is 2.25. The average Bonchev–Trinajstić information content (AvgIpc) is 3.22. The first-order valence-corrected chi connectivity index (χ1v) is 12.4. The third-order valence-corrected chi connectivity index (χ3v) is 3.54. The molecule has 2 aliphatic heterocycles. The van der Waals surface area contributed by atoms with Gasteiger partial charge in [0.25, 0.3) is 0 Å². The van der Waals surface area contributed by atoms with E-state index < -0.39 is 20.2 Å². The summed E-state index contributed by atoms with van der Waals surface area (Å²) in [6.07, 6.45) is 1.21. The summed E-state index contributed by atoms with van der Waals surface area (Å²) < 4.78 is 54.5. The summed E-state index contributed by atoms with van der Waals surface area (Å²) in [5.41, 5.74) is 13.2. The lowest BCUT2D eigenvalue weighted by Crippen LogP contribution is -2.81. The van der Waals surface area contributed by atoms with Crippen LogP contribution in [0.2, 0.25) is 0 Å². The number of rotatable bonds is 4. The van der Waals surface area contributed by atoms with Crippen molar-refractivity contribution in [2.75, 3.05) is 66.0 Å². The highest BCUT2D eigenvalue weighted by atomic mass is 32.2. The van der Waals surface area contributed by atoms with E-state index in [4.69, 9.17) is 37.4 Å². The molecule has 2 fully saturated rings. The van der Waals surface area contributed by atoms with E-state index in [9.17, 15) is 0 Å². The zero-order chi connectivity index (χ0) is 23.8. The molecule has 0 amide bonds. The van der Waals surface area contributed by atoms with E-state index in [1.807, 2.05) is 0 Å². The first-order valence-electron chi connectivity index (χ1n) is 8.81. The van der Waals surface area contributed by atoms with Gasteiger partial charge in [0.15, 0.2) is 0 Å². The van der Waals surface area contributed by atoms with Crippen LogP contribution >= 0.6 is 0 Å². The van der Waals surface area contributed by atoms with Gasteiger partial charge in [0.1, 0.15) is 38.7 Å². The monoisotopic (exact) mass is 478 g/mol. The second-order valence-electron chi connectivity index (χ2n) is 6.26. The highest BCUT2D eigenvalue weighted by Crippen LogP contribution is 1.98. The number of nitrogens with zero attached hydrogens (tertiary/aromatic N) is 2. The van der Waals surface area contributed by atoms with Crippen LogP contribution in [0.25, 0.3) is 0 Å². The SMILES string of the molecule is CO/N=C1\C[NH2+]CC1CN.CO/N=C1\C[NH2+]CC1CN.CS(=O)(=O)[O-].CS(=O)(=O)[O-]. The fourth-order valence-electron chi connectivity index (χ4n) is 2.39. The fourth-order valence-corrected chi connectivity index (χ4v) is 2.39. The van der Waals surface area contributed by atoms with Crippen molar-refractivity contribution in [3.8, 4) is 0 Å². The third-order valence-electron chi connectivity index (χ3n) is 3.54. The van der Waals surface area contributed by atoms with Crippen LogP contribution in [-0.4, -0.2) is 103 Å².